The molecule has 3 atom stereocenters. The molecule has 96 valence electrons. The van der Waals surface area contributed by atoms with Crippen LogP contribution in [-0.4, -0.2) is 12.7 Å². The summed E-state index contributed by atoms with van der Waals surface area (Å²) in [6.45, 7) is 14.7. The van der Waals surface area contributed by atoms with E-state index in [1.54, 1.807) is 0 Å². The standard InChI is InChI=1S/C15H30O/c1-11(2)13-8-7-12(3)9-14(13)16-10-15(4,5)6/h11-14H,7-10H2,1-6H3/t12-,13?,14-/m1/s1. The van der Waals surface area contributed by atoms with Gasteiger partial charge in [-0.2, -0.15) is 0 Å². The molecule has 1 heteroatoms. The van der Waals surface area contributed by atoms with Gasteiger partial charge in [-0.15, -0.1) is 0 Å². The molecule has 0 spiro atoms. The molecule has 0 bridgehead atoms. The van der Waals surface area contributed by atoms with Crippen LogP contribution < -0.4 is 0 Å². The van der Waals surface area contributed by atoms with Crippen molar-refractivity contribution in [1.29, 1.82) is 0 Å². The molecule has 0 aliphatic heterocycles. The van der Waals surface area contributed by atoms with Crippen LogP contribution in [0.4, 0.5) is 0 Å². The number of hydrogen-bond acceptors (Lipinski definition) is 1. The maximum Gasteiger partial charge on any atom is 0.0608 e. The highest BCUT2D eigenvalue weighted by Gasteiger charge is 2.32. The lowest BCUT2D eigenvalue weighted by Crippen LogP contribution is -2.36. The zero-order valence-electron chi connectivity index (χ0n) is 12.0. The first-order chi connectivity index (χ1) is 7.29. The SMILES string of the molecule is CC(C)C1CC[C@@H](C)C[C@H]1OCC(C)(C)C. The van der Waals surface area contributed by atoms with Crippen LogP contribution >= 0.6 is 0 Å². The van der Waals surface area contributed by atoms with Gasteiger partial charge in [0.1, 0.15) is 0 Å². The van der Waals surface area contributed by atoms with Gasteiger partial charge in [-0.3, -0.25) is 0 Å². The molecule has 0 aromatic carbocycles. The van der Waals surface area contributed by atoms with Crippen molar-refractivity contribution in [3.8, 4) is 0 Å². The van der Waals surface area contributed by atoms with Crippen LogP contribution in [0.3, 0.4) is 0 Å². The fourth-order valence-electron chi connectivity index (χ4n) is 2.66. The van der Waals surface area contributed by atoms with E-state index in [2.05, 4.69) is 41.5 Å². The Morgan fingerprint density at radius 3 is 2.31 bits per heavy atom. The Morgan fingerprint density at radius 2 is 1.81 bits per heavy atom. The monoisotopic (exact) mass is 226 g/mol. The van der Waals surface area contributed by atoms with Gasteiger partial charge in [0.2, 0.25) is 0 Å². The largest absolute Gasteiger partial charge is 0.377 e. The summed E-state index contributed by atoms with van der Waals surface area (Å²) in [4.78, 5) is 0. The minimum absolute atomic E-state index is 0.294. The summed E-state index contributed by atoms with van der Waals surface area (Å²) in [6, 6.07) is 0. The van der Waals surface area contributed by atoms with Crippen LogP contribution in [0.15, 0.2) is 0 Å². The van der Waals surface area contributed by atoms with Crippen LogP contribution in [0, 0.1) is 23.2 Å². The van der Waals surface area contributed by atoms with Gasteiger partial charge in [0.05, 0.1) is 12.7 Å². The minimum atomic E-state index is 0.294. The van der Waals surface area contributed by atoms with E-state index in [-0.39, 0.29) is 0 Å². The third kappa shape index (κ3) is 4.45. The molecule has 1 unspecified atom stereocenters. The molecule has 16 heavy (non-hydrogen) atoms. The second-order valence-corrected chi connectivity index (χ2v) is 7.24. The summed E-state index contributed by atoms with van der Waals surface area (Å²) in [6.07, 6.45) is 4.51. The number of ether oxygens (including phenoxy) is 1. The average Bonchev–Trinajstić information content (AvgIpc) is 2.13. The van der Waals surface area contributed by atoms with E-state index in [0.717, 1.165) is 24.4 Å². The second kappa shape index (κ2) is 5.53. The van der Waals surface area contributed by atoms with Crippen LogP contribution in [0.2, 0.25) is 0 Å². The molecule has 1 saturated carbocycles. The highest BCUT2D eigenvalue weighted by atomic mass is 16.5. The van der Waals surface area contributed by atoms with Gasteiger partial charge in [-0.1, -0.05) is 48.0 Å². The third-order valence-electron chi connectivity index (χ3n) is 3.69. The van der Waals surface area contributed by atoms with Crippen LogP contribution in [0.1, 0.15) is 60.8 Å². The summed E-state index contributed by atoms with van der Waals surface area (Å²) in [7, 11) is 0. The smallest absolute Gasteiger partial charge is 0.0608 e. The highest BCUT2D eigenvalue weighted by Crippen LogP contribution is 2.36. The fraction of sp³-hybridized carbons (Fsp3) is 1.00. The maximum atomic E-state index is 6.19. The van der Waals surface area contributed by atoms with Crippen molar-refractivity contribution in [2.24, 2.45) is 23.2 Å². The summed E-state index contributed by atoms with van der Waals surface area (Å²) < 4.78 is 6.19. The summed E-state index contributed by atoms with van der Waals surface area (Å²) in [5.74, 6) is 2.39. The van der Waals surface area contributed by atoms with Crippen molar-refractivity contribution < 1.29 is 4.74 Å². The molecular formula is C15H30O. The Bertz CT molecular complexity index is 202. The molecule has 1 aliphatic carbocycles. The molecule has 0 aromatic heterocycles. The van der Waals surface area contributed by atoms with Crippen LogP contribution in [0.5, 0.6) is 0 Å². The van der Waals surface area contributed by atoms with Crippen molar-refractivity contribution in [2.75, 3.05) is 6.61 Å². The van der Waals surface area contributed by atoms with Gasteiger partial charge in [-0.25, -0.2) is 0 Å². The van der Waals surface area contributed by atoms with Gasteiger partial charge in [-0.05, 0) is 36.0 Å². The van der Waals surface area contributed by atoms with Crippen LogP contribution in [0.25, 0.3) is 0 Å². The first kappa shape index (κ1) is 14.0. The second-order valence-electron chi connectivity index (χ2n) is 7.24. The topological polar surface area (TPSA) is 9.23 Å². The van der Waals surface area contributed by atoms with E-state index in [0.29, 0.717) is 11.5 Å². The molecule has 0 N–H and O–H groups in total. The van der Waals surface area contributed by atoms with Gasteiger partial charge in [0, 0.05) is 0 Å². The average molecular weight is 226 g/mol. The quantitative estimate of drug-likeness (QED) is 0.688. The van der Waals surface area contributed by atoms with E-state index in [4.69, 9.17) is 4.74 Å². The normalized spacial score (nSPS) is 32.1. The zero-order valence-corrected chi connectivity index (χ0v) is 12.0. The summed E-state index contributed by atoms with van der Waals surface area (Å²) >= 11 is 0. The molecule has 1 rings (SSSR count). The Morgan fingerprint density at radius 1 is 1.19 bits per heavy atom. The summed E-state index contributed by atoms with van der Waals surface area (Å²) in [5, 5.41) is 0. The van der Waals surface area contributed by atoms with Gasteiger partial charge >= 0.3 is 0 Å². The first-order valence-corrected chi connectivity index (χ1v) is 6.91. The molecule has 0 aromatic rings. The Labute approximate surface area is 102 Å². The lowest BCUT2D eigenvalue weighted by Gasteiger charge is -2.38. The highest BCUT2D eigenvalue weighted by molar-refractivity contribution is 4.81. The lowest BCUT2D eigenvalue weighted by molar-refractivity contribution is -0.0627. The van der Waals surface area contributed by atoms with Gasteiger partial charge in [0.25, 0.3) is 0 Å². The third-order valence-corrected chi connectivity index (χ3v) is 3.69. The predicted octanol–water partition coefficient (Wildman–Crippen LogP) is 4.51. The van der Waals surface area contributed by atoms with E-state index in [1.165, 1.54) is 19.3 Å². The molecular weight excluding hydrogens is 196 g/mol. The van der Waals surface area contributed by atoms with Gasteiger partial charge in [0.15, 0.2) is 0 Å². The number of hydrogen-bond donors (Lipinski definition) is 0. The van der Waals surface area contributed by atoms with Crippen molar-refractivity contribution in [2.45, 2.75) is 66.9 Å². The van der Waals surface area contributed by atoms with E-state index in [1.807, 2.05) is 0 Å². The molecule has 1 nitrogen and oxygen atoms in total. The lowest BCUT2D eigenvalue weighted by atomic mass is 9.75. The van der Waals surface area contributed by atoms with E-state index < -0.39 is 0 Å². The molecule has 0 amide bonds. The maximum absolute atomic E-state index is 6.19. The van der Waals surface area contributed by atoms with Crippen molar-refractivity contribution >= 4 is 0 Å². The van der Waals surface area contributed by atoms with Gasteiger partial charge < -0.3 is 4.74 Å². The molecule has 1 aliphatic rings. The Balaban J connectivity index is 2.51. The van der Waals surface area contributed by atoms with Crippen molar-refractivity contribution in [3.63, 3.8) is 0 Å². The minimum Gasteiger partial charge on any atom is -0.377 e. The molecule has 1 fully saturated rings. The first-order valence-electron chi connectivity index (χ1n) is 6.91. The fourth-order valence-corrected chi connectivity index (χ4v) is 2.66. The van der Waals surface area contributed by atoms with E-state index in [9.17, 15) is 0 Å². The number of rotatable bonds is 3. The van der Waals surface area contributed by atoms with E-state index >= 15 is 0 Å². The van der Waals surface area contributed by atoms with Crippen LogP contribution in [-0.2, 0) is 4.74 Å². The Hall–Kier alpha value is -0.0400. The summed E-state index contributed by atoms with van der Waals surface area (Å²) in [5.41, 5.74) is 0.294. The zero-order chi connectivity index (χ0) is 12.3. The van der Waals surface area contributed by atoms with Crippen molar-refractivity contribution in [3.05, 3.63) is 0 Å². The predicted molar refractivity (Wildman–Crippen MR) is 70.5 cm³/mol. The molecule has 0 radical (unpaired) electrons. The molecule has 0 saturated heterocycles. The van der Waals surface area contributed by atoms with Crippen molar-refractivity contribution in [1.82, 2.24) is 0 Å². The Kier molecular flexibility index (Phi) is 4.85. The molecule has 0 heterocycles.